The van der Waals surface area contributed by atoms with Crippen molar-refractivity contribution in [1.29, 1.82) is 0 Å². The van der Waals surface area contributed by atoms with Gasteiger partial charge in [0.05, 0.1) is 6.54 Å². The summed E-state index contributed by atoms with van der Waals surface area (Å²) >= 11 is 0. The molecule has 0 saturated heterocycles. The Balaban J connectivity index is 2.27. The summed E-state index contributed by atoms with van der Waals surface area (Å²) in [6, 6.07) is 0.545. The molecule has 0 aromatic rings. The fraction of sp³-hybridized carbons (Fsp3) is 0.917. The zero-order valence-electron chi connectivity index (χ0n) is 10.2. The molecule has 1 aliphatic rings. The molecule has 2 N–H and O–H groups in total. The van der Waals surface area contributed by atoms with Crippen LogP contribution < -0.4 is 10.6 Å². The van der Waals surface area contributed by atoms with Crippen molar-refractivity contribution in [2.24, 2.45) is 11.8 Å². The lowest BCUT2D eigenvalue weighted by Crippen LogP contribution is -2.41. The van der Waals surface area contributed by atoms with Gasteiger partial charge in [-0.05, 0) is 24.7 Å². The molecule has 0 aromatic heterocycles. The monoisotopic (exact) mass is 212 g/mol. The summed E-state index contributed by atoms with van der Waals surface area (Å²) < 4.78 is 0. The van der Waals surface area contributed by atoms with Gasteiger partial charge >= 0.3 is 0 Å². The third-order valence-electron chi connectivity index (χ3n) is 3.49. The highest BCUT2D eigenvalue weighted by Gasteiger charge is 2.23. The molecule has 3 heteroatoms. The zero-order valence-corrected chi connectivity index (χ0v) is 10.2. The molecule has 1 fully saturated rings. The summed E-state index contributed by atoms with van der Waals surface area (Å²) in [4.78, 5) is 11.1. The van der Waals surface area contributed by atoms with Gasteiger partial charge in [0.2, 0.25) is 5.91 Å². The maximum atomic E-state index is 11.1. The second-order valence-electron chi connectivity index (χ2n) is 4.92. The zero-order chi connectivity index (χ0) is 11.3. The minimum absolute atomic E-state index is 0.0849. The minimum atomic E-state index is 0.0849. The summed E-state index contributed by atoms with van der Waals surface area (Å²) in [5.74, 6) is 1.69. The highest BCUT2D eigenvalue weighted by Crippen LogP contribution is 2.29. The van der Waals surface area contributed by atoms with E-state index in [2.05, 4.69) is 24.5 Å². The van der Waals surface area contributed by atoms with Crippen LogP contribution in [0.3, 0.4) is 0 Å². The molecule has 1 saturated carbocycles. The lowest BCUT2D eigenvalue weighted by molar-refractivity contribution is -0.119. The number of carbonyl (C=O) groups is 1. The summed E-state index contributed by atoms with van der Waals surface area (Å²) in [5.41, 5.74) is 0. The third-order valence-corrected chi connectivity index (χ3v) is 3.49. The van der Waals surface area contributed by atoms with Crippen LogP contribution in [0.1, 0.15) is 39.5 Å². The van der Waals surface area contributed by atoms with Crippen LogP contribution in [0, 0.1) is 11.8 Å². The number of likely N-dealkylation sites (N-methyl/N-ethyl adjacent to an activating group) is 1. The molecule has 2 atom stereocenters. The summed E-state index contributed by atoms with van der Waals surface area (Å²) in [6.45, 7) is 5.06. The molecule has 0 radical (unpaired) electrons. The van der Waals surface area contributed by atoms with Crippen molar-refractivity contribution in [2.45, 2.75) is 45.6 Å². The van der Waals surface area contributed by atoms with Crippen LogP contribution in [0.5, 0.6) is 0 Å². The van der Waals surface area contributed by atoms with Crippen molar-refractivity contribution in [1.82, 2.24) is 10.6 Å². The Hall–Kier alpha value is -0.570. The predicted octanol–water partition coefficient (Wildman–Crippen LogP) is 1.54. The first-order chi connectivity index (χ1) is 7.13. The van der Waals surface area contributed by atoms with E-state index in [1.165, 1.54) is 25.7 Å². The SMILES string of the molecule is CNC(=O)CNC1CCCC(C(C)C)C1. The van der Waals surface area contributed by atoms with Gasteiger partial charge in [-0.25, -0.2) is 0 Å². The molecule has 2 unspecified atom stereocenters. The van der Waals surface area contributed by atoms with E-state index in [0.717, 1.165) is 11.8 Å². The van der Waals surface area contributed by atoms with E-state index >= 15 is 0 Å². The predicted molar refractivity (Wildman–Crippen MR) is 62.7 cm³/mol. The average Bonchev–Trinajstić information content (AvgIpc) is 2.26. The van der Waals surface area contributed by atoms with Gasteiger partial charge < -0.3 is 10.6 Å². The van der Waals surface area contributed by atoms with Crippen molar-refractivity contribution in [3.8, 4) is 0 Å². The van der Waals surface area contributed by atoms with Crippen molar-refractivity contribution >= 4 is 5.91 Å². The smallest absolute Gasteiger partial charge is 0.233 e. The van der Waals surface area contributed by atoms with E-state index in [0.29, 0.717) is 12.6 Å². The Morgan fingerprint density at radius 1 is 1.40 bits per heavy atom. The van der Waals surface area contributed by atoms with Crippen LogP contribution in [0.25, 0.3) is 0 Å². The number of rotatable bonds is 4. The second kappa shape index (κ2) is 6.11. The lowest BCUT2D eigenvalue weighted by Gasteiger charge is -2.32. The first-order valence-corrected chi connectivity index (χ1v) is 6.07. The fourth-order valence-electron chi connectivity index (χ4n) is 2.34. The highest BCUT2D eigenvalue weighted by molar-refractivity contribution is 5.77. The van der Waals surface area contributed by atoms with E-state index in [1.54, 1.807) is 7.05 Å². The van der Waals surface area contributed by atoms with Gasteiger partial charge in [0.15, 0.2) is 0 Å². The van der Waals surface area contributed by atoms with Gasteiger partial charge in [-0.2, -0.15) is 0 Å². The van der Waals surface area contributed by atoms with Gasteiger partial charge in [-0.1, -0.05) is 26.7 Å². The largest absolute Gasteiger partial charge is 0.358 e. The van der Waals surface area contributed by atoms with E-state index in [1.807, 2.05) is 0 Å². The van der Waals surface area contributed by atoms with Crippen LogP contribution in [-0.4, -0.2) is 25.5 Å². The lowest BCUT2D eigenvalue weighted by atomic mass is 9.79. The second-order valence-corrected chi connectivity index (χ2v) is 4.92. The van der Waals surface area contributed by atoms with Crippen molar-refractivity contribution in [3.05, 3.63) is 0 Å². The number of hydrogen-bond donors (Lipinski definition) is 2. The Morgan fingerprint density at radius 2 is 2.13 bits per heavy atom. The quantitative estimate of drug-likeness (QED) is 0.742. The molecule has 1 aliphatic carbocycles. The fourth-order valence-corrected chi connectivity index (χ4v) is 2.34. The van der Waals surface area contributed by atoms with Crippen molar-refractivity contribution in [2.75, 3.05) is 13.6 Å². The summed E-state index contributed by atoms with van der Waals surface area (Å²) in [6.07, 6.45) is 5.11. The number of carbonyl (C=O) groups excluding carboxylic acids is 1. The Labute approximate surface area is 93.0 Å². The van der Waals surface area contributed by atoms with Crippen LogP contribution in [0.15, 0.2) is 0 Å². The van der Waals surface area contributed by atoms with Crippen molar-refractivity contribution in [3.63, 3.8) is 0 Å². The summed E-state index contributed by atoms with van der Waals surface area (Å²) in [5, 5.41) is 5.98. The molecule has 1 rings (SSSR count). The van der Waals surface area contributed by atoms with Gasteiger partial charge in [0, 0.05) is 13.1 Å². The minimum Gasteiger partial charge on any atom is -0.358 e. The molecular weight excluding hydrogens is 188 g/mol. The number of hydrogen-bond acceptors (Lipinski definition) is 2. The molecule has 3 nitrogen and oxygen atoms in total. The van der Waals surface area contributed by atoms with Gasteiger partial charge in [0.25, 0.3) is 0 Å². The topological polar surface area (TPSA) is 41.1 Å². The van der Waals surface area contributed by atoms with E-state index in [4.69, 9.17) is 0 Å². The molecule has 15 heavy (non-hydrogen) atoms. The Morgan fingerprint density at radius 3 is 2.73 bits per heavy atom. The van der Waals surface area contributed by atoms with E-state index in [9.17, 15) is 4.79 Å². The molecule has 88 valence electrons. The first kappa shape index (κ1) is 12.5. The maximum absolute atomic E-state index is 11.1. The third kappa shape index (κ3) is 4.20. The molecule has 0 bridgehead atoms. The van der Waals surface area contributed by atoms with Gasteiger partial charge in [0.1, 0.15) is 0 Å². The van der Waals surface area contributed by atoms with E-state index in [-0.39, 0.29) is 5.91 Å². The number of amides is 1. The molecule has 0 aromatic carbocycles. The van der Waals surface area contributed by atoms with Crippen molar-refractivity contribution < 1.29 is 4.79 Å². The number of nitrogens with one attached hydrogen (secondary N) is 2. The molecular formula is C12H24N2O. The average molecular weight is 212 g/mol. The summed E-state index contributed by atoms with van der Waals surface area (Å²) in [7, 11) is 1.68. The van der Waals surface area contributed by atoms with Crippen LogP contribution >= 0.6 is 0 Å². The molecule has 0 aliphatic heterocycles. The Bertz CT molecular complexity index is 204. The highest BCUT2D eigenvalue weighted by atomic mass is 16.1. The normalized spacial score (nSPS) is 26.7. The molecule has 1 amide bonds. The Kier molecular flexibility index (Phi) is 5.09. The maximum Gasteiger partial charge on any atom is 0.233 e. The van der Waals surface area contributed by atoms with Crippen LogP contribution in [0.2, 0.25) is 0 Å². The van der Waals surface area contributed by atoms with E-state index < -0.39 is 0 Å². The van der Waals surface area contributed by atoms with Crippen LogP contribution in [-0.2, 0) is 4.79 Å². The first-order valence-electron chi connectivity index (χ1n) is 6.07. The standard InChI is InChI=1S/C12H24N2O/c1-9(2)10-5-4-6-11(7-10)14-8-12(15)13-3/h9-11,14H,4-8H2,1-3H3,(H,13,15). The van der Waals surface area contributed by atoms with Gasteiger partial charge in [-0.3, -0.25) is 4.79 Å². The molecule has 0 heterocycles. The van der Waals surface area contributed by atoms with Crippen LogP contribution in [0.4, 0.5) is 0 Å². The molecule has 0 spiro atoms. The van der Waals surface area contributed by atoms with Gasteiger partial charge in [-0.15, -0.1) is 0 Å².